The van der Waals surface area contributed by atoms with Gasteiger partial charge in [-0.3, -0.25) is 9.36 Å². The number of aliphatic hydroxyl groups excluding tert-OH is 1. The van der Waals surface area contributed by atoms with Gasteiger partial charge in [0.2, 0.25) is 5.91 Å². The lowest BCUT2D eigenvalue weighted by molar-refractivity contribution is -0.870. The first-order chi connectivity index (χ1) is 31.0. The number of allylic oxidation sites excluding steroid dienone is 4. The molecule has 64 heavy (non-hydrogen) atoms. The van der Waals surface area contributed by atoms with Gasteiger partial charge >= 0.3 is 0 Å². The number of phosphoric ester groups is 1. The molecule has 9 heteroatoms. The summed E-state index contributed by atoms with van der Waals surface area (Å²) >= 11 is 0. The quantitative estimate of drug-likeness (QED) is 0.0272. The Labute approximate surface area is 398 Å². The molecule has 8 nitrogen and oxygen atoms in total. The van der Waals surface area contributed by atoms with Gasteiger partial charge < -0.3 is 28.8 Å². The average Bonchev–Trinajstić information content (AvgIpc) is 3.25. The molecule has 3 atom stereocenters. The number of aliphatic hydroxyl groups is 1. The summed E-state index contributed by atoms with van der Waals surface area (Å²) in [7, 11) is 1.31. The molecular weight excluding hydrogens is 816 g/mol. The largest absolute Gasteiger partial charge is 0.756 e. The van der Waals surface area contributed by atoms with E-state index in [1.165, 1.54) is 199 Å². The van der Waals surface area contributed by atoms with Crippen molar-refractivity contribution in [3.05, 3.63) is 24.3 Å². The molecule has 0 heterocycles. The minimum atomic E-state index is -4.57. The highest BCUT2D eigenvalue weighted by atomic mass is 31.2. The van der Waals surface area contributed by atoms with Gasteiger partial charge in [-0.1, -0.05) is 244 Å². The Morgan fingerprint density at radius 2 is 0.906 bits per heavy atom. The number of nitrogens with one attached hydrogen (secondary N) is 1. The van der Waals surface area contributed by atoms with E-state index in [2.05, 4.69) is 43.5 Å². The highest BCUT2D eigenvalue weighted by Crippen LogP contribution is 2.38. The molecule has 0 aliphatic rings. The molecule has 0 aliphatic carbocycles. The molecule has 3 unspecified atom stereocenters. The van der Waals surface area contributed by atoms with Crippen LogP contribution >= 0.6 is 7.82 Å². The zero-order valence-electron chi connectivity index (χ0n) is 43.3. The summed E-state index contributed by atoms with van der Waals surface area (Å²) in [5.41, 5.74) is 0. The summed E-state index contributed by atoms with van der Waals surface area (Å²) in [4.78, 5) is 25.5. The topological polar surface area (TPSA) is 108 Å². The first-order valence-corrected chi connectivity index (χ1v) is 29.1. The number of unbranched alkanes of at least 4 members (excludes halogenated alkanes) is 34. The van der Waals surface area contributed by atoms with E-state index >= 15 is 0 Å². The van der Waals surface area contributed by atoms with Crippen molar-refractivity contribution in [2.24, 2.45) is 0 Å². The molecule has 0 saturated heterocycles. The van der Waals surface area contributed by atoms with Crippen molar-refractivity contribution >= 4 is 13.7 Å². The van der Waals surface area contributed by atoms with Gasteiger partial charge in [0.1, 0.15) is 13.2 Å². The molecule has 2 N–H and O–H groups in total. The van der Waals surface area contributed by atoms with Crippen LogP contribution in [0.25, 0.3) is 0 Å². The van der Waals surface area contributed by atoms with Crippen molar-refractivity contribution in [2.75, 3.05) is 40.9 Å². The van der Waals surface area contributed by atoms with Crippen LogP contribution in [-0.4, -0.2) is 68.5 Å². The molecule has 0 aromatic carbocycles. The minimum Gasteiger partial charge on any atom is -0.756 e. The van der Waals surface area contributed by atoms with E-state index < -0.39 is 20.0 Å². The fourth-order valence-electron chi connectivity index (χ4n) is 8.31. The third kappa shape index (κ3) is 48.9. The highest BCUT2D eigenvalue weighted by Gasteiger charge is 2.24. The van der Waals surface area contributed by atoms with Crippen LogP contribution in [0.3, 0.4) is 0 Å². The Morgan fingerprint density at radius 3 is 1.30 bits per heavy atom. The standard InChI is InChI=1S/C55H109N2O6P/c1-6-8-10-12-14-16-18-20-22-24-25-26-27-28-29-30-31-33-35-37-39-41-43-45-47-49-55(59)56-53(52-63-64(60,61)62-51-50-57(3,4)5)54(58)48-46-44-42-40-38-36-34-32-23-21-19-17-15-13-11-9-7-2/h25-26,28-29,53-54,58H,6-24,27,30-52H2,1-5H3,(H-,56,59,60,61)/b26-25-,29-28-. The molecule has 0 spiro atoms. The molecule has 0 aromatic rings. The van der Waals surface area contributed by atoms with Crippen LogP contribution in [0.4, 0.5) is 0 Å². The second-order valence-electron chi connectivity index (χ2n) is 20.3. The third-order valence-corrected chi connectivity index (χ3v) is 13.7. The van der Waals surface area contributed by atoms with Crippen LogP contribution in [-0.2, 0) is 18.4 Å². The predicted molar refractivity (Wildman–Crippen MR) is 275 cm³/mol. The monoisotopic (exact) mass is 925 g/mol. The van der Waals surface area contributed by atoms with Gasteiger partial charge in [-0.15, -0.1) is 0 Å². The summed E-state index contributed by atoms with van der Waals surface area (Å²) in [6, 6.07) is -0.802. The van der Waals surface area contributed by atoms with Crippen molar-refractivity contribution < 1.29 is 32.9 Å². The predicted octanol–water partition coefficient (Wildman–Crippen LogP) is 15.8. The number of carbonyl (C=O) groups excluding carboxylic acids is 1. The zero-order chi connectivity index (χ0) is 47.1. The number of amides is 1. The molecule has 0 radical (unpaired) electrons. The number of rotatable bonds is 51. The lowest BCUT2D eigenvalue weighted by atomic mass is 10.0. The Kier molecular flexibility index (Phi) is 46.3. The molecule has 0 bridgehead atoms. The van der Waals surface area contributed by atoms with E-state index in [0.29, 0.717) is 23.9 Å². The zero-order valence-corrected chi connectivity index (χ0v) is 44.1. The van der Waals surface area contributed by atoms with E-state index in [1.54, 1.807) is 0 Å². The van der Waals surface area contributed by atoms with Crippen LogP contribution in [0.1, 0.15) is 271 Å². The lowest BCUT2D eigenvalue weighted by Crippen LogP contribution is -2.46. The number of carbonyl (C=O) groups is 1. The highest BCUT2D eigenvalue weighted by molar-refractivity contribution is 7.45. The number of hydrogen-bond acceptors (Lipinski definition) is 6. The Morgan fingerprint density at radius 1 is 0.547 bits per heavy atom. The van der Waals surface area contributed by atoms with Crippen molar-refractivity contribution in [3.63, 3.8) is 0 Å². The number of nitrogens with zero attached hydrogens (tertiary/aromatic N) is 1. The van der Waals surface area contributed by atoms with Gasteiger partial charge in [0, 0.05) is 6.42 Å². The maximum absolute atomic E-state index is 13.0. The van der Waals surface area contributed by atoms with Gasteiger partial charge in [-0.25, -0.2) is 0 Å². The van der Waals surface area contributed by atoms with Crippen LogP contribution in [0.2, 0.25) is 0 Å². The lowest BCUT2D eigenvalue weighted by Gasteiger charge is -2.30. The second-order valence-corrected chi connectivity index (χ2v) is 21.7. The normalized spacial score (nSPS) is 14.2. The fraction of sp³-hybridized carbons (Fsp3) is 0.909. The number of phosphoric acid groups is 1. The van der Waals surface area contributed by atoms with Crippen molar-refractivity contribution in [1.29, 1.82) is 0 Å². The van der Waals surface area contributed by atoms with E-state index in [9.17, 15) is 19.4 Å². The van der Waals surface area contributed by atoms with Gasteiger partial charge in [0.05, 0.1) is 39.9 Å². The molecule has 0 fully saturated rings. The maximum atomic E-state index is 13.0. The second kappa shape index (κ2) is 47.1. The summed E-state index contributed by atoms with van der Waals surface area (Å²) in [6.45, 7) is 4.75. The van der Waals surface area contributed by atoms with Gasteiger partial charge in [-0.2, -0.15) is 0 Å². The summed E-state index contributed by atoms with van der Waals surface area (Å²) in [6.07, 6.45) is 57.7. The molecule has 1 amide bonds. The van der Waals surface area contributed by atoms with E-state index in [1.807, 2.05) is 21.1 Å². The fourth-order valence-corrected chi connectivity index (χ4v) is 9.03. The molecular formula is C55H109N2O6P. The number of quaternary nitrogens is 1. The van der Waals surface area contributed by atoms with Crippen molar-refractivity contribution in [1.82, 2.24) is 5.32 Å². The Bertz CT molecular complexity index is 1090. The SMILES string of the molecule is CCCCCCCCCCC/C=C\C/C=C\CCCCCCCCCCCC(=O)NC(COP(=O)([O-])OCC[N+](C)(C)C)C(O)CCCCCCCCCCCCCCCCCCC. The van der Waals surface area contributed by atoms with Crippen LogP contribution in [0.15, 0.2) is 24.3 Å². The smallest absolute Gasteiger partial charge is 0.268 e. The first kappa shape index (κ1) is 63.0. The summed E-state index contributed by atoms with van der Waals surface area (Å²) in [5, 5.41) is 14.0. The van der Waals surface area contributed by atoms with E-state index in [4.69, 9.17) is 9.05 Å². The Hall–Kier alpha value is -1.02. The first-order valence-electron chi connectivity index (χ1n) is 27.7. The van der Waals surface area contributed by atoms with E-state index in [0.717, 1.165) is 44.9 Å². The van der Waals surface area contributed by atoms with Crippen molar-refractivity contribution in [2.45, 2.75) is 283 Å². The van der Waals surface area contributed by atoms with Crippen LogP contribution in [0.5, 0.6) is 0 Å². The molecule has 0 saturated carbocycles. The number of likely N-dealkylation sites (N-methyl/N-ethyl adjacent to an activating group) is 1. The molecule has 380 valence electrons. The van der Waals surface area contributed by atoms with Crippen LogP contribution < -0.4 is 10.2 Å². The molecule has 0 aromatic heterocycles. The minimum absolute atomic E-state index is 0.0124. The molecule has 0 aliphatic heterocycles. The average molecular weight is 925 g/mol. The van der Waals surface area contributed by atoms with Gasteiger partial charge in [0.25, 0.3) is 7.82 Å². The van der Waals surface area contributed by atoms with Gasteiger partial charge in [0.15, 0.2) is 0 Å². The van der Waals surface area contributed by atoms with Gasteiger partial charge in [-0.05, 0) is 44.9 Å². The maximum Gasteiger partial charge on any atom is 0.268 e. The van der Waals surface area contributed by atoms with E-state index in [-0.39, 0.29) is 19.1 Å². The van der Waals surface area contributed by atoms with Crippen molar-refractivity contribution in [3.8, 4) is 0 Å². The summed E-state index contributed by atoms with van der Waals surface area (Å²) in [5.74, 6) is -0.166. The summed E-state index contributed by atoms with van der Waals surface area (Å²) < 4.78 is 23.4. The van der Waals surface area contributed by atoms with Crippen LogP contribution in [0, 0.1) is 0 Å². The molecule has 0 rings (SSSR count). The number of hydrogen-bond donors (Lipinski definition) is 2. The Balaban J connectivity index is 4.18. The third-order valence-electron chi connectivity index (χ3n) is 12.7.